The Labute approximate surface area is 151 Å². The van der Waals surface area contributed by atoms with Crippen molar-refractivity contribution in [3.05, 3.63) is 59.5 Å². The molecule has 1 aromatic carbocycles. The Balaban J connectivity index is 1.62. The van der Waals surface area contributed by atoms with E-state index in [-0.39, 0.29) is 5.91 Å². The number of piperazine rings is 1. The second-order valence-corrected chi connectivity index (χ2v) is 6.85. The molecule has 5 nitrogen and oxygen atoms in total. The number of rotatable bonds is 2. The number of imidazole rings is 1. The Morgan fingerprint density at radius 2 is 1.64 bits per heavy atom. The molecule has 0 N–H and O–H groups in total. The van der Waals surface area contributed by atoms with Crippen LogP contribution in [0.2, 0.25) is 5.02 Å². The molecule has 0 atom stereocenters. The first-order chi connectivity index (χ1) is 12.1. The molecule has 0 bridgehead atoms. The number of carbonyl (C=O) groups excluding carboxylic acids is 1. The van der Waals surface area contributed by atoms with Gasteiger partial charge in [0.2, 0.25) is 0 Å². The van der Waals surface area contributed by atoms with Gasteiger partial charge < -0.3 is 14.2 Å². The summed E-state index contributed by atoms with van der Waals surface area (Å²) >= 11 is 5.95. The fourth-order valence-corrected chi connectivity index (χ4v) is 3.21. The molecule has 25 heavy (non-hydrogen) atoms. The monoisotopic (exact) mass is 354 g/mol. The van der Waals surface area contributed by atoms with Gasteiger partial charge in [-0.05, 0) is 42.4 Å². The Morgan fingerprint density at radius 3 is 2.36 bits per heavy atom. The number of aromatic nitrogens is 2. The van der Waals surface area contributed by atoms with E-state index >= 15 is 0 Å². The Bertz CT molecular complexity index is 911. The fraction of sp³-hybridized carbons (Fsp3) is 0.263. The van der Waals surface area contributed by atoms with E-state index in [9.17, 15) is 4.79 Å². The Hall–Kier alpha value is -2.37. The maximum atomic E-state index is 12.7. The lowest BCUT2D eigenvalue weighted by Gasteiger charge is -2.31. The van der Waals surface area contributed by atoms with E-state index in [2.05, 4.69) is 16.9 Å². The highest BCUT2D eigenvalue weighted by Gasteiger charge is 2.22. The number of nitrogens with zero attached hydrogens (tertiary/aromatic N) is 4. The number of fused-ring (bicyclic) bond motifs is 1. The van der Waals surface area contributed by atoms with Gasteiger partial charge in [-0.3, -0.25) is 4.79 Å². The van der Waals surface area contributed by atoms with Crippen LogP contribution in [0.15, 0.2) is 48.8 Å². The Kier molecular flexibility index (Phi) is 4.19. The molecule has 0 aliphatic carbocycles. The first-order valence-corrected chi connectivity index (χ1v) is 8.70. The van der Waals surface area contributed by atoms with Crippen LogP contribution in [0.1, 0.15) is 10.5 Å². The third-order valence-electron chi connectivity index (χ3n) is 4.64. The molecule has 3 heterocycles. The summed E-state index contributed by atoms with van der Waals surface area (Å²) in [6, 6.07) is 11.7. The van der Waals surface area contributed by atoms with Gasteiger partial charge in [0.25, 0.3) is 5.91 Å². The van der Waals surface area contributed by atoms with Gasteiger partial charge in [0.05, 0.1) is 0 Å². The lowest BCUT2D eigenvalue weighted by Crippen LogP contribution is -2.47. The second kappa shape index (κ2) is 6.50. The van der Waals surface area contributed by atoms with Crippen LogP contribution >= 0.6 is 11.6 Å². The standard InChI is InChI=1S/C19H19ClN4O/c1-22-8-10-23(11-9-22)19(25)17-13-24-12-15(4-7-18(24)21-17)14-2-5-16(20)6-3-14/h2-7,12-13H,8-11H2,1H3. The minimum absolute atomic E-state index is 0.00448. The maximum absolute atomic E-state index is 12.7. The maximum Gasteiger partial charge on any atom is 0.274 e. The molecular weight excluding hydrogens is 336 g/mol. The molecule has 0 unspecified atom stereocenters. The van der Waals surface area contributed by atoms with Gasteiger partial charge in [-0.2, -0.15) is 0 Å². The van der Waals surface area contributed by atoms with Crippen molar-refractivity contribution in [1.82, 2.24) is 19.2 Å². The predicted octanol–water partition coefficient (Wildman–Crippen LogP) is 3.04. The van der Waals surface area contributed by atoms with E-state index in [1.165, 1.54) is 0 Å². The highest BCUT2D eigenvalue weighted by atomic mass is 35.5. The molecule has 2 aromatic heterocycles. The highest BCUT2D eigenvalue weighted by molar-refractivity contribution is 6.30. The normalized spacial score (nSPS) is 15.7. The smallest absolute Gasteiger partial charge is 0.274 e. The number of likely N-dealkylation sites (N-methyl/N-ethyl adjacent to an activating group) is 1. The van der Waals surface area contributed by atoms with Crippen LogP contribution in [-0.4, -0.2) is 58.3 Å². The molecule has 1 amide bonds. The van der Waals surface area contributed by atoms with Crippen molar-refractivity contribution in [2.75, 3.05) is 33.2 Å². The summed E-state index contributed by atoms with van der Waals surface area (Å²) in [6.45, 7) is 3.30. The van der Waals surface area contributed by atoms with Crippen LogP contribution in [0.3, 0.4) is 0 Å². The van der Waals surface area contributed by atoms with Crippen molar-refractivity contribution in [1.29, 1.82) is 0 Å². The van der Waals surface area contributed by atoms with Gasteiger partial charge in [0.1, 0.15) is 11.3 Å². The molecule has 1 aliphatic rings. The zero-order valence-corrected chi connectivity index (χ0v) is 14.8. The van der Waals surface area contributed by atoms with Crippen LogP contribution in [0.4, 0.5) is 0 Å². The van der Waals surface area contributed by atoms with Gasteiger partial charge in [0, 0.05) is 43.6 Å². The van der Waals surface area contributed by atoms with Crippen LogP contribution in [0, 0.1) is 0 Å². The average Bonchev–Trinajstić information content (AvgIpc) is 3.05. The lowest BCUT2D eigenvalue weighted by atomic mass is 10.1. The zero-order chi connectivity index (χ0) is 17.4. The summed E-state index contributed by atoms with van der Waals surface area (Å²) in [7, 11) is 2.07. The van der Waals surface area contributed by atoms with Crippen LogP contribution in [0.5, 0.6) is 0 Å². The SMILES string of the molecule is CN1CCN(C(=O)c2cn3cc(-c4ccc(Cl)cc4)ccc3n2)CC1. The van der Waals surface area contributed by atoms with Crippen LogP contribution in [-0.2, 0) is 0 Å². The minimum Gasteiger partial charge on any atom is -0.335 e. The van der Waals surface area contributed by atoms with E-state index in [4.69, 9.17) is 11.6 Å². The molecule has 1 fully saturated rings. The van der Waals surface area contributed by atoms with E-state index in [0.29, 0.717) is 10.7 Å². The van der Waals surface area contributed by atoms with E-state index < -0.39 is 0 Å². The first kappa shape index (κ1) is 16.1. The van der Waals surface area contributed by atoms with Crippen molar-refractivity contribution in [3.63, 3.8) is 0 Å². The van der Waals surface area contributed by atoms with Crippen LogP contribution < -0.4 is 0 Å². The third-order valence-corrected chi connectivity index (χ3v) is 4.89. The number of pyridine rings is 1. The van der Waals surface area contributed by atoms with E-state index in [0.717, 1.165) is 43.0 Å². The predicted molar refractivity (Wildman–Crippen MR) is 99.0 cm³/mol. The molecule has 0 spiro atoms. The van der Waals surface area contributed by atoms with Crippen molar-refractivity contribution in [3.8, 4) is 11.1 Å². The Morgan fingerprint density at radius 1 is 0.960 bits per heavy atom. The third kappa shape index (κ3) is 3.25. The van der Waals surface area contributed by atoms with E-state index in [1.807, 2.05) is 58.1 Å². The quantitative estimate of drug-likeness (QED) is 0.710. The molecule has 6 heteroatoms. The van der Waals surface area contributed by atoms with Gasteiger partial charge in [-0.15, -0.1) is 0 Å². The molecule has 4 rings (SSSR count). The molecule has 0 radical (unpaired) electrons. The summed E-state index contributed by atoms with van der Waals surface area (Å²) in [5.41, 5.74) is 3.40. The van der Waals surface area contributed by atoms with Gasteiger partial charge in [-0.1, -0.05) is 23.7 Å². The molecule has 1 aliphatic heterocycles. The number of carbonyl (C=O) groups is 1. The van der Waals surface area contributed by atoms with Crippen molar-refractivity contribution < 1.29 is 4.79 Å². The highest BCUT2D eigenvalue weighted by Crippen LogP contribution is 2.22. The number of amides is 1. The van der Waals surface area contributed by atoms with Gasteiger partial charge >= 0.3 is 0 Å². The summed E-state index contributed by atoms with van der Waals surface area (Å²) in [5, 5.41) is 0.715. The molecule has 1 saturated heterocycles. The molecule has 0 saturated carbocycles. The second-order valence-electron chi connectivity index (χ2n) is 6.41. The summed E-state index contributed by atoms with van der Waals surface area (Å²) in [6.07, 6.45) is 3.81. The topological polar surface area (TPSA) is 40.9 Å². The lowest BCUT2D eigenvalue weighted by molar-refractivity contribution is 0.0659. The van der Waals surface area contributed by atoms with E-state index in [1.54, 1.807) is 0 Å². The largest absolute Gasteiger partial charge is 0.335 e. The summed E-state index contributed by atoms with van der Waals surface area (Å²) < 4.78 is 1.91. The number of hydrogen-bond acceptors (Lipinski definition) is 3. The van der Waals surface area contributed by atoms with Crippen LogP contribution in [0.25, 0.3) is 16.8 Å². The summed E-state index contributed by atoms with van der Waals surface area (Å²) in [4.78, 5) is 21.3. The summed E-state index contributed by atoms with van der Waals surface area (Å²) in [5.74, 6) is 0.00448. The molecule has 3 aromatic rings. The fourth-order valence-electron chi connectivity index (χ4n) is 3.08. The number of benzene rings is 1. The number of hydrogen-bond donors (Lipinski definition) is 0. The van der Waals surface area contributed by atoms with Gasteiger partial charge in [-0.25, -0.2) is 4.98 Å². The van der Waals surface area contributed by atoms with Crippen molar-refractivity contribution in [2.24, 2.45) is 0 Å². The molecular formula is C19H19ClN4O. The molecule has 128 valence electrons. The first-order valence-electron chi connectivity index (χ1n) is 8.33. The minimum atomic E-state index is 0.00448. The van der Waals surface area contributed by atoms with Gasteiger partial charge in [0.15, 0.2) is 0 Å². The zero-order valence-electron chi connectivity index (χ0n) is 14.0. The van der Waals surface area contributed by atoms with Crippen molar-refractivity contribution in [2.45, 2.75) is 0 Å². The average molecular weight is 355 g/mol. The van der Waals surface area contributed by atoms with Crippen molar-refractivity contribution >= 4 is 23.2 Å². The number of halogens is 1.